The van der Waals surface area contributed by atoms with Gasteiger partial charge in [0, 0.05) is 22.1 Å². The van der Waals surface area contributed by atoms with E-state index in [1.165, 1.54) is 12.4 Å². The highest BCUT2D eigenvalue weighted by Gasteiger charge is 2.55. The maximum atomic E-state index is 7.43. The van der Waals surface area contributed by atoms with Gasteiger partial charge in [0.25, 0.3) is 0 Å². The smallest absolute Gasteiger partial charge is 0.130 e. The molecule has 0 saturated carbocycles. The summed E-state index contributed by atoms with van der Waals surface area (Å²) in [5.74, 6) is 0. The predicted octanol–water partition coefficient (Wildman–Crippen LogP) is -1.82. The number of benzene rings is 9. The quantitative estimate of drug-likeness (QED) is 0.195. The van der Waals surface area contributed by atoms with Crippen molar-refractivity contribution in [2.24, 2.45) is 0 Å². The van der Waals surface area contributed by atoms with Crippen molar-refractivity contribution in [3.63, 3.8) is 0 Å². The highest BCUT2D eigenvalue weighted by atomic mass is 16.3. The van der Waals surface area contributed by atoms with Crippen molar-refractivity contribution in [2.75, 3.05) is 4.90 Å². The number of fused-ring (bicyclic) bond motifs is 18. The SMILES string of the molecule is [B]C.[B]c1cc2c(c(N(c3ccc4c(c3)C(C)(C)c3ccccc3-4)c3c([B])cc([B])c4oc5c([B])cc([B])cc5c34)c1)C1(c3cc([B])c([B])c([B])c3-c3c1cc([B])c([B])c3[B])c1ccc3c([B])c([B])c([B])cc3c1-2. The van der Waals surface area contributed by atoms with Gasteiger partial charge in [-0.25, -0.2) is 0 Å². The summed E-state index contributed by atoms with van der Waals surface area (Å²) in [5.41, 5.74) is 14.6. The molecule has 0 aliphatic heterocycles. The Labute approximate surface area is 451 Å². The fourth-order valence-electron chi connectivity index (χ4n) is 12.6. The molecule has 3 aliphatic rings. The number of furan rings is 1. The molecule has 310 valence electrons. The monoisotopic (exact) mass is 905 g/mol. The first kappa shape index (κ1) is 48.7. The molecule has 1 aromatic heterocycles. The van der Waals surface area contributed by atoms with E-state index < -0.39 is 10.8 Å². The Balaban J connectivity index is 0.00000275. The largest absolute Gasteiger partial charge is 0.457 e. The standard InChI is InChI=1S/C56H23B14NO.CH3B/c1-55(2)29-6-4-3-5-23(29)24-8-7-22(15-31(24)55)71(52-37(62)19-39(64)54-42(52)28-12-20(57)13-38(63)53(28)72-54)40-14-21(58)11-27-41-26-16-34(59)47(66)46(65)25(26)9-10-30(41)56(45(27)40)32-17-35(60)48(67)50(69)43(32)44-33(56)18-36(61)49(68)51(44)70;1-2/h3-19H,1-2H3;1H3. The molecule has 1 heterocycles. The van der Waals surface area contributed by atoms with Gasteiger partial charge >= 0.3 is 0 Å². The maximum absolute atomic E-state index is 7.43. The Hall–Kier alpha value is -6.19. The van der Waals surface area contributed by atoms with Gasteiger partial charge in [-0.05, 0) is 90.2 Å². The first-order chi connectivity index (χ1) is 35.3. The zero-order valence-electron chi connectivity index (χ0n) is 40.8. The lowest BCUT2D eigenvalue weighted by atomic mass is 9.64. The summed E-state index contributed by atoms with van der Waals surface area (Å²) < 4.78 is 6.62. The summed E-state index contributed by atoms with van der Waals surface area (Å²) in [6, 6.07) is 33.4. The predicted molar refractivity (Wildman–Crippen MR) is 327 cm³/mol. The molecule has 10 aromatic rings. The van der Waals surface area contributed by atoms with Crippen molar-refractivity contribution >= 4 is 244 Å². The minimum Gasteiger partial charge on any atom is -0.457 e. The zero-order chi connectivity index (χ0) is 52.5. The summed E-state index contributed by atoms with van der Waals surface area (Å²) >= 11 is 0. The number of rotatable bonds is 3. The van der Waals surface area contributed by atoms with E-state index in [0.717, 1.165) is 39.1 Å². The number of hydrogen-bond acceptors (Lipinski definition) is 2. The molecule has 2 nitrogen and oxygen atoms in total. The van der Waals surface area contributed by atoms with Gasteiger partial charge in [0.05, 0.1) is 30.0 Å². The average molecular weight is 903 g/mol. The van der Waals surface area contributed by atoms with Crippen molar-refractivity contribution in [2.45, 2.75) is 31.5 Å². The molecule has 30 radical (unpaired) electrons. The second kappa shape index (κ2) is 16.7. The molecule has 0 bridgehead atoms. The number of hydrogen-bond donors (Lipinski definition) is 0. The number of nitrogens with zero attached hydrogens (tertiary/aromatic N) is 1. The molecule has 1 spiro atoms. The lowest BCUT2D eigenvalue weighted by Crippen LogP contribution is -2.43. The van der Waals surface area contributed by atoms with Crippen LogP contribution in [-0.4, -0.2) is 118 Å². The van der Waals surface area contributed by atoms with Gasteiger partial charge in [0.15, 0.2) is 0 Å². The van der Waals surface area contributed by atoms with Crippen LogP contribution in [0.3, 0.4) is 0 Å². The van der Waals surface area contributed by atoms with Crippen LogP contribution < -0.4 is 81.4 Å². The molecule has 0 fully saturated rings. The molecule has 0 saturated heterocycles. The Morgan fingerprint density at radius 3 is 1.68 bits per heavy atom. The molecule has 17 heteroatoms. The van der Waals surface area contributed by atoms with Crippen molar-refractivity contribution in [1.82, 2.24) is 0 Å². The fourth-order valence-corrected chi connectivity index (χ4v) is 12.6. The van der Waals surface area contributed by atoms with Crippen LogP contribution in [0, 0.1) is 0 Å². The lowest BCUT2D eigenvalue weighted by Gasteiger charge is -2.38. The average Bonchev–Trinajstić information content (AvgIpc) is 4.06. The minimum atomic E-state index is -1.36. The molecule has 13 rings (SSSR count). The molecule has 3 aliphatic carbocycles. The van der Waals surface area contributed by atoms with Gasteiger partial charge < -0.3 is 9.32 Å². The zero-order valence-corrected chi connectivity index (χ0v) is 40.8. The Morgan fingerprint density at radius 2 is 1.00 bits per heavy atom. The third-order valence-corrected chi connectivity index (χ3v) is 15.8. The second-order valence-electron chi connectivity index (χ2n) is 20.0. The first-order valence-electron chi connectivity index (χ1n) is 23.8. The molecular weight excluding hydrogens is 877 g/mol. The van der Waals surface area contributed by atoms with E-state index >= 15 is 0 Å². The normalized spacial score (nSPS) is 13.8. The third-order valence-electron chi connectivity index (χ3n) is 15.8. The molecule has 0 N–H and O–H groups in total. The van der Waals surface area contributed by atoms with Crippen LogP contribution >= 0.6 is 0 Å². The lowest BCUT2D eigenvalue weighted by molar-refractivity contribution is 0.660. The van der Waals surface area contributed by atoms with Gasteiger partial charge in [0.2, 0.25) is 0 Å². The van der Waals surface area contributed by atoms with Gasteiger partial charge in [-0.1, -0.05) is 149 Å². The van der Waals surface area contributed by atoms with Crippen molar-refractivity contribution in [1.29, 1.82) is 0 Å². The van der Waals surface area contributed by atoms with E-state index in [9.17, 15) is 0 Å². The summed E-state index contributed by atoms with van der Waals surface area (Å²) in [7, 11) is 101. The van der Waals surface area contributed by atoms with Crippen LogP contribution in [0.4, 0.5) is 17.1 Å². The summed E-state index contributed by atoms with van der Waals surface area (Å²) in [4.78, 5) is 2.11. The highest BCUT2D eigenvalue weighted by molar-refractivity contribution is 6.63. The molecule has 0 atom stereocenters. The van der Waals surface area contributed by atoms with Crippen molar-refractivity contribution < 1.29 is 4.42 Å². The molecule has 0 unspecified atom stereocenters. The van der Waals surface area contributed by atoms with Crippen molar-refractivity contribution in [3.05, 3.63) is 137 Å². The van der Waals surface area contributed by atoms with Gasteiger partial charge in [-0.3, -0.25) is 0 Å². The second-order valence-corrected chi connectivity index (χ2v) is 20.0. The van der Waals surface area contributed by atoms with Crippen LogP contribution in [0.15, 0.2) is 108 Å². The topological polar surface area (TPSA) is 16.4 Å². The van der Waals surface area contributed by atoms with Crippen LogP contribution in [-0.2, 0) is 10.8 Å². The van der Waals surface area contributed by atoms with E-state index in [2.05, 4.69) is 69.1 Å². The van der Waals surface area contributed by atoms with Gasteiger partial charge in [-0.2, -0.15) is 0 Å². The fraction of sp³-hybridized carbons (Fsp3) is 0.0877. The summed E-state index contributed by atoms with van der Waals surface area (Å²) in [5, 5.41) is 2.52. The summed E-state index contributed by atoms with van der Waals surface area (Å²) in [6.07, 6.45) is 0. The molecule has 0 amide bonds. The Bertz CT molecular complexity index is 4150. The Morgan fingerprint density at radius 1 is 0.405 bits per heavy atom. The molecule has 9 aromatic carbocycles. The third kappa shape index (κ3) is 6.22. The Kier molecular flexibility index (Phi) is 11.0. The van der Waals surface area contributed by atoms with E-state index in [-0.39, 0.29) is 38.2 Å². The summed E-state index contributed by atoms with van der Waals surface area (Å²) in [6.45, 7) is 5.95. The van der Waals surface area contributed by atoms with Crippen molar-refractivity contribution in [3.8, 4) is 33.4 Å². The van der Waals surface area contributed by atoms with E-state index in [0.29, 0.717) is 110 Å². The first-order valence-corrected chi connectivity index (χ1v) is 23.8. The maximum Gasteiger partial charge on any atom is 0.130 e. The van der Waals surface area contributed by atoms with Gasteiger partial charge in [-0.15, -0.1) is 32.8 Å². The van der Waals surface area contributed by atoms with Crippen LogP contribution in [0.1, 0.15) is 47.2 Å². The van der Waals surface area contributed by atoms with Gasteiger partial charge in [0.1, 0.15) is 121 Å². The van der Waals surface area contributed by atoms with Crippen LogP contribution in [0.2, 0.25) is 6.82 Å². The molecular formula is C57H26B15NO. The van der Waals surface area contributed by atoms with E-state index in [1.54, 1.807) is 12.1 Å². The highest BCUT2D eigenvalue weighted by Crippen LogP contribution is 2.65. The minimum absolute atomic E-state index is 0.183. The number of anilines is 3. The van der Waals surface area contributed by atoms with Crippen LogP contribution in [0.25, 0.3) is 66.1 Å². The van der Waals surface area contributed by atoms with E-state index in [1.807, 2.05) is 48.5 Å². The van der Waals surface area contributed by atoms with Crippen LogP contribution in [0.5, 0.6) is 0 Å². The van der Waals surface area contributed by atoms with E-state index in [4.69, 9.17) is 114 Å². The molecule has 74 heavy (non-hydrogen) atoms.